The van der Waals surface area contributed by atoms with E-state index in [4.69, 9.17) is 21.3 Å². The minimum absolute atomic E-state index is 0.0200. The molecule has 34 heavy (non-hydrogen) atoms. The van der Waals surface area contributed by atoms with Gasteiger partial charge in [-0.15, -0.1) is 0 Å². The number of fused-ring (bicyclic) bond motifs is 2. The van der Waals surface area contributed by atoms with Crippen LogP contribution in [-0.2, 0) is 11.2 Å². The van der Waals surface area contributed by atoms with Gasteiger partial charge in [0.25, 0.3) is 0 Å². The van der Waals surface area contributed by atoms with Gasteiger partial charge in [0.1, 0.15) is 5.75 Å². The lowest BCUT2D eigenvalue weighted by atomic mass is 10.0. The molecular weight excluding hydrogens is 446 g/mol. The van der Waals surface area contributed by atoms with E-state index >= 15 is 0 Å². The molecule has 6 heteroatoms. The van der Waals surface area contributed by atoms with Crippen LogP contribution in [0.1, 0.15) is 18.4 Å². The number of anilines is 1. The Bertz CT molecular complexity index is 1470. The van der Waals surface area contributed by atoms with Gasteiger partial charge in [0.05, 0.1) is 24.0 Å². The number of rotatable bonds is 7. The molecule has 0 saturated heterocycles. The van der Waals surface area contributed by atoms with Crippen LogP contribution in [0.25, 0.3) is 33.2 Å². The first-order chi connectivity index (χ1) is 16.6. The zero-order valence-electron chi connectivity index (χ0n) is 18.8. The van der Waals surface area contributed by atoms with E-state index in [-0.39, 0.29) is 5.91 Å². The van der Waals surface area contributed by atoms with Crippen LogP contribution in [0.5, 0.6) is 5.75 Å². The number of methoxy groups -OCH3 is 1. The number of para-hydroxylation sites is 1. The highest BCUT2D eigenvalue weighted by atomic mass is 35.5. The number of benzene rings is 3. The molecule has 0 saturated carbocycles. The van der Waals surface area contributed by atoms with Crippen molar-refractivity contribution in [2.45, 2.75) is 19.3 Å². The third kappa shape index (κ3) is 4.61. The van der Waals surface area contributed by atoms with Gasteiger partial charge in [-0.3, -0.25) is 4.79 Å². The molecule has 0 spiro atoms. The summed E-state index contributed by atoms with van der Waals surface area (Å²) in [5, 5.41) is 5.80. The number of H-pyrrole nitrogens is 1. The topological polar surface area (TPSA) is 67.0 Å². The quantitative estimate of drug-likeness (QED) is 0.269. The van der Waals surface area contributed by atoms with Crippen molar-refractivity contribution < 1.29 is 9.53 Å². The second kappa shape index (κ2) is 9.57. The summed E-state index contributed by atoms with van der Waals surface area (Å²) in [7, 11) is 1.62. The first-order valence-corrected chi connectivity index (χ1v) is 11.6. The molecule has 5 rings (SSSR count). The first kappa shape index (κ1) is 22.0. The Morgan fingerprint density at radius 1 is 1.03 bits per heavy atom. The van der Waals surface area contributed by atoms with Crippen molar-refractivity contribution in [3.63, 3.8) is 0 Å². The molecule has 2 heterocycles. The summed E-state index contributed by atoms with van der Waals surface area (Å²) in [6, 6.07) is 25.4. The van der Waals surface area contributed by atoms with Crippen LogP contribution in [0, 0.1) is 0 Å². The molecule has 0 unspecified atom stereocenters. The van der Waals surface area contributed by atoms with Crippen molar-refractivity contribution in [1.29, 1.82) is 0 Å². The van der Waals surface area contributed by atoms with Gasteiger partial charge in [-0.25, -0.2) is 4.98 Å². The van der Waals surface area contributed by atoms with Crippen molar-refractivity contribution in [1.82, 2.24) is 9.97 Å². The summed E-state index contributed by atoms with van der Waals surface area (Å²) < 4.78 is 5.17. The van der Waals surface area contributed by atoms with Gasteiger partial charge in [0, 0.05) is 33.4 Å². The molecule has 2 aromatic heterocycles. The highest BCUT2D eigenvalue weighted by molar-refractivity contribution is 6.31. The predicted molar refractivity (Wildman–Crippen MR) is 139 cm³/mol. The molecule has 0 bridgehead atoms. The van der Waals surface area contributed by atoms with Gasteiger partial charge in [0.15, 0.2) is 0 Å². The van der Waals surface area contributed by atoms with Crippen molar-refractivity contribution in [2.24, 2.45) is 0 Å². The SMILES string of the molecule is COc1ccc(NC(=O)CCCc2c(-c3ccc4ccccc4n3)[nH]c3ccc(Cl)cc23)cc1. The normalized spacial score (nSPS) is 11.1. The second-order valence-electron chi connectivity index (χ2n) is 8.19. The van der Waals surface area contributed by atoms with Crippen LogP contribution in [0.3, 0.4) is 0 Å². The molecule has 1 amide bonds. The average Bonchev–Trinajstić information content (AvgIpc) is 3.22. The van der Waals surface area contributed by atoms with E-state index in [0.29, 0.717) is 17.9 Å². The predicted octanol–water partition coefficient (Wildman–Crippen LogP) is 7.01. The Morgan fingerprint density at radius 2 is 1.85 bits per heavy atom. The number of nitrogens with zero attached hydrogens (tertiary/aromatic N) is 1. The first-order valence-electron chi connectivity index (χ1n) is 11.2. The Hall–Kier alpha value is -3.83. The second-order valence-corrected chi connectivity index (χ2v) is 8.62. The fourth-order valence-corrected chi connectivity index (χ4v) is 4.40. The van der Waals surface area contributed by atoms with E-state index in [0.717, 1.165) is 56.6 Å². The molecule has 3 aromatic carbocycles. The van der Waals surface area contributed by atoms with Crippen LogP contribution in [-0.4, -0.2) is 23.0 Å². The smallest absolute Gasteiger partial charge is 0.224 e. The molecule has 0 atom stereocenters. The van der Waals surface area contributed by atoms with E-state index in [9.17, 15) is 4.79 Å². The number of ether oxygens (including phenoxy) is 1. The lowest BCUT2D eigenvalue weighted by Gasteiger charge is -2.08. The van der Waals surface area contributed by atoms with Gasteiger partial charge in [-0.1, -0.05) is 35.9 Å². The Balaban J connectivity index is 1.38. The summed E-state index contributed by atoms with van der Waals surface area (Å²) in [6.45, 7) is 0. The third-order valence-corrected chi connectivity index (χ3v) is 6.16. The van der Waals surface area contributed by atoms with Gasteiger partial charge in [0.2, 0.25) is 5.91 Å². The van der Waals surface area contributed by atoms with Crippen molar-refractivity contribution >= 4 is 45.0 Å². The summed E-state index contributed by atoms with van der Waals surface area (Å²) in [6.07, 6.45) is 1.83. The lowest BCUT2D eigenvalue weighted by Crippen LogP contribution is -2.11. The molecule has 0 aliphatic rings. The van der Waals surface area contributed by atoms with Gasteiger partial charge in [-0.2, -0.15) is 0 Å². The number of hydrogen-bond donors (Lipinski definition) is 2. The van der Waals surface area contributed by atoms with Gasteiger partial charge >= 0.3 is 0 Å². The maximum Gasteiger partial charge on any atom is 0.224 e. The number of pyridine rings is 1. The van der Waals surface area contributed by atoms with E-state index in [1.807, 2.05) is 66.7 Å². The molecule has 170 valence electrons. The molecule has 5 aromatic rings. The number of carbonyl (C=O) groups excluding carboxylic acids is 1. The minimum Gasteiger partial charge on any atom is -0.497 e. The Labute approximate surface area is 202 Å². The number of amides is 1. The van der Waals surface area contributed by atoms with E-state index in [1.54, 1.807) is 7.11 Å². The van der Waals surface area contributed by atoms with Crippen LogP contribution in [0.4, 0.5) is 5.69 Å². The van der Waals surface area contributed by atoms with Crippen LogP contribution < -0.4 is 10.1 Å². The number of aromatic amines is 1. The summed E-state index contributed by atoms with van der Waals surface area (Å²) >= 11 is 6.32. The highest BCUT2D eigenvalue weighted by Crippen LogP contribution is 2.33. The van der Waals surface area contributed by atoms with Crippen molar-refractivity contribution in [3.05, 3.63) is 89.4 Å². The third-order valence-electron chi connectivity index (χ3n) is 5.93. The standard InChI is InChI=1S/C28H24ClN3O2/c1-34-21-13-11-20(12-14-21)30-27(33)8-4-6-22-23-17-19(29)10-16-25(23)32-28(22)26-15-9-18-5-2-3-7-24(18)31-26/h2-3,5,7,9-17,32H,4,6,8H2,1H3,(H,30,33). The number of nitrogens with one attached hydrogen (secondary N) is 2. The Kier molecular flexibility index (Phi) is 6.19. The molecule has 0 aliphatic heterocycles. The van der Waals surface area contributed by atoms with Crippen LogP contribution in [0.2, 0.25) is 5.02 Å². The molecule has 0 aliphatic carbocycles. The highest BCUT2D eigenvalue weighted by Gasteiger charge is 2.16. The summed E-state index contributed by atoms with van der Waals surface area (Å²) in [5.74, 6) is 0.735. The van der Waals surface area contributed by atoms with Crippen LogP contribution >= 0.6 is 11.6 Å². The van der Waals surface area contributed by atoms with Gasteiger partial charge < -0.3 is 15.0 Å². The number of aromatic nitrogens is 2. The lowest BCUT2D eigenvalue weighted by molar-refractivity contribution is -0.116. The number of aryl methyl sites for hydroxylation is 1. The maximum absolute atomic E-state index is 12.5. The molecule has 0 radical (unpaired) electrons. The molecular formula is C28H24ClN3O2. The fraction of sp³-hybridized carbons (Fsp3) is 0.143. The van der Waals surface area contributed by atoms with Crippen LogP contribution in [0.15, 0.2) is 78.9 Å². The number of hydrogen-bond acceptors (Lipinski definition) is 3. The largest absolute Gasteiger partial charge is 0.497 e. The zero-order chi connectivity index (χ0) is 23.5. The number of halogens is 1. The maximum atomic E-state index is 12.5. The fourth-order valence-electron chi connectivity index (χ4n) is 4.23. The summed E-state index contributed by atoms with van der Waals surface area (Å²) in [5.41, 5.74) is 5.68. The zero-order valence-corrected chi connectivity index (χ0v) is 19.5. The van der Waals surface area contributed by atoms with E-state index < -0.39 is 0 Å². The number of carbonyl (C=O) groups is 1. The van der Waals surface area contributed by atoms with Crippen molar-refractivity contribution in [2.75, 3.05) is 12.4 Å². The molecule has 2 N–H and O–H groups in total. The van der Waals surface area contributed by atoms with Crippen molar-refractivity contribution in [3.8, 4) is 17.1 Å². The minimum atomic E-state index is -0.0200. The van der Waals surface area contributed by atoms with Gasteiger partial charge in [-0.05, 0) is 73.0 Å². The average molecular weight is 470 g/mol. The van der Waals surface area contributed by atoms with E-state index in [2.05, 4.69) is 22.4 Å². The van der Waals surface area contributed by atoms with E-state index in [1.165, 1.54) is 0 Å². The summed E-state index contributed by atoms with van der Waals surface area (Å²) in [4.78, 5) is 20.9. The molecule has 5 nitrogen and oxygen atoms in total. The molecule has 0 fully saturated rings. The monoisotopic (exact) mass is 469 g/mol. The Morgan fingerprint density at radius 3 is 2.68 bits per heavy atom.